The molecule has 0 aliphatic heterocycles. The van der Waals surface area contributed by atoms with Crippen molar-refractivity contribution in [3.05, 3.63) is 65.7 Å². The summed E-state index contributed by atoms with van der Waals surface area (Å²) in [5.41, 5.74) is 3.19. The average molecular weight is 312 g/mol. The normalized spacial score (nSPS) is 12.8. The summed E-state index contributed by atoms with van der Waals surface area (Å²) in [6.45, 7) is 1.94. The number of alkyl halides is 5. The molecule has 0 N–H and O–H groups in total. The maximum absolute atomic E-state index is 12.8. The Morgan fingerprint density at radius 3 is 1.95 bits per heavy atom. The van der Waals surface area contributed by atoms with E-state index in [1.165, 1.54) is 12.1 Å². The van der Waals surface area contributed by atoms with Crippen molar-refractivity contribution in [2.45, 2.75) is 19.0 Å². The Bertz CT molecular complexity index is 666. The van der Waals surface area contributed by atoms with Gasteiger partial charge < -0.3 is 0 Å². The van der Waals surface area contributed by atoms with Crippen LogP contribution in [0.4, 0.5) is 22.0 Å². The SMILES string of the molecule is Cc1ccccc1-c1ccc(/C=C\C(F)(F)C(F)(F)F)cc1. The first kappa shape index (κ1) is 16.2. The molecule has 0 heterocycles. The van der Waals surface area contributed by atoms with Gasteiger partial charge in [-0.15, -0.1) is 0 Å². The van der Waals surface area contributed by atoms with Crippen LogP contribution >= 0.6 is 0 Å². The zero-order valence-corrected chi connectivity index (χ0v) is 11.7. The molecule has 5 heteroatoms. The Morgan fingerprint density at radius 1 is 0.818 bits per heavy atom. The molecule has 0 saturated heterocycles. The summed E-state index contributed by atoms with van der Waals surface area (Å²) in [7, 11) is 0. The fourth-order valence-electron chi connectivity index (χ4n) is 1.97. The summed E-state index contributed by atoms with van der Waals surface area (Å²) >= 11 is 0. The molecule has 0 aliphatic rings. The van der Waals surface area contributed by atoms with Crippen molar-refractivity contribution in [3.63, 3.8) is 0 Å². The lowest BCUT2D eigenvalue weighted by atomic mass is 9.99. The van der Waals surface area contributed by atoms with Gasteiger partial charge in [0.1, 0.15) is 0 Å². The maximum atomic E-state index is 12.8. The van der Waals surface area contributed by atoms with Gasteiger partial charge in [-0.1, -0.05) is 54.6 Å². The standard InChI is InChI=1S/C17H13F5/c1-12-4-2-3-5-15(12)14-8-6-13(7-9-14)10-11-16(18,19)17(20,21)22/h2-11H,1H3/b11-10-. The van der Waals surface area contributed by atoms with Gasteiger partial charge in [0.25, 0.3) is 0 Å². The van der Waals surface area contributed by atoms with Crippen LogP contribution in [0.3, 0.4) is 0 Å². The van der Waals surface area contributed by atoms with Gasteiger partial charge in [-0.05, 0) is 35.3 Å². The van der Waals surface area contributed by atoms with Gasteiger partial charge in [0.05, 0.1) is 0 Å². The van der Waals surface area contributed by atoms with Gasteiger partial charge in [-0.25, -0.2) is 0 Å². The third kappa shape index (κ3) is 3.53. The molecule has 2 rings (SSSR count). The fraction of sp³-hybridized carbons (Fsp3) is 0.176. The quantitative estimate of drug-likeness (QED) is 0.621. The first-order valence-electron chi connectivity index (χ1n) is 6.50. The van der Waals surface area contributed by atoms with E-state index < -0.39 is 12.1 Å². The highest BCUT2D eigenvalue weighted by Crippen LogP contribution is 2.37. The number of hydrogen-bond donors (Lipinski definition) is 0. The lowest BCUT2D eigenvalue weighted by molar-refractivity contribution is -0.258. The fourth-order valence-corrected chi connectivity index (χ4v) is 1.97. The highest BCUT2D eigenvalue weighted by Gasteiger charge is 2.55. The second-order valence-electron chi connectivity index (χ2n) is 4.89. The molecule has 0 radical (unpaired) electrons. The lowest BCUT2D eigenvalue weighted by Crippen LogP contribution is -2.33. The Balaban J connectivity index is 2.22. The van der Waals surface area contributed by atoms with Crippen molar-refractivity contribution in [1.82, 2.24) is 0 Å². The molecule has 2 aromatic carbocycles. The summed E-state index contributed by atoms with van der Waals surface area (Å²) < 4.78 is 61.8. The van der Waals surface area contributed by atoms with Crippen LogP contribution in [0.1, 0.15) is 11.1 Å². The van der Waals surface area contributed by atoms with Crippen LogP contribution in [0.15, 0.2) is 54.6 Å². The van der Waals surface area contributed by atoms with Crippen LogP contribution < -0.4 is 0 Å². The van der Waals surface area contributed by atoms with E-state index in [9.17, 15) is 22.0 Å². The van der Waals surface area contributed by atoms with E-state index in [4.69, 9.17) is 0 Å². The first-order chi connectivity index (χ1) is 10.2. The Morgan fingerprint density at radius 2 is 1.41 bits per heavy atom. The molecule has 0 saturated carbocycles. The number of aryl methyl sites for hydroxylation is 1. The summed E-state index contributed by atoms with van der Waals surface area (Å²) in [4.78, 5) is 0. The molecule has 116 valence electrons. The van der Waals surface area contributed by atoms with Crippen LogP contribution in [0.25, 0.3) is 17.2 Å². The number of allylic oxidation sites excluding steroid dienone is 1. The minimum absolute atomic E-state index is 0.129. The number of halogens is 5. The zero-order chi connectivity index (χ0) is 16.4. The van der Waals surface area contributed by atoms with Crippen LogP contribution in [-0.2, 0) is 0 Å². The molecule has 0 bridgehead atoms. The van der Waals surface area contributed by atoms with E-state index in [-0.39, 0.29) is 11.6 Å². The van der Waals surface area contributed by atoms with Gasteiger partial charge in [-0.3, -0.25) is 0 Å². The topological polar surface area (TPSA) is 0 Å². The smallest absolute Gasteiger partial charge is 0.191 e. The van der Waals surface area contributed by atoms with Crippen molar-refractivity contribution in [3.8, 4) is 11.1 Å². The summed E-state index contributed by atoms with van der Waals surface area (Å²) in [6.07, 6.45) is -4.94. The lowest BCUT2D eigenvalue weighted by Gasteiger charge is -2.15. The summed E-state index contributed by atoms with van der Waals surface area (Å²) in [5.74, 6) is -4.83. The van der Waals surface area contributed by atoms with Gasteiger partial charge in [0.2, 0.25) is 0 Å². The van der Waals surface area contributed by atoms with Gasteiger partial charge in [0.15, 0.2) is 0 Å². The highest BCUT2D eigenvalue weighted by molar-refractivity contribution is 5.68. The largest absolute Gasteiger partial charge is 0.457 e. The van der Waals surface area contributed by atoms with Crippen molar-refractivity contribution in [2.24, 2.45) is 0 Å². The number of rotatable bonds is 3. The molecule has 2 aromatic rings. The Kier molecular flexibility index (Phi) is 4.35. The molecule has 0 unspecified atom stereocenters. The molecule has 0 atom stereocenters. The Labute approximate surface area is 124 Å². The van der Waals surface area contributed by atoms with E-state index in [1.54, 1.807) is 12.1 Å². The number of hydrogen-bond acceptors (Lipinski definition) is 0. The second-order valence-corrected chi connectivity index (χ2v) is 4.89. The first-order valence-corrected chi connectivity index (χ1v) is 6.50. The molecular weight excluding hydrogens is 299 g/mol. The monoisotopic (exact) mass is 312 g/mol. The molecule has 0 aliphatic carbocycles. The predicted molar refractivity (Wildman–Crippen MR) is 76.7 cm³/mol. The van der Waals surface area contributed by atoms with E-state index in [2.05, 4.69) is 0 Å². The summed E-state index contributed by atoms with van der Waals surface area (Å²) in [5, 5.41) is 0. The molecule has 0 amide bonds. The second kappa shape index (κ2) is 5.91. The number of benzene rings is 2. The third-order valence-electron chi connectivity index (χ3n) is 3.23. The van der Waals surface area contributed by atoms with Crippen LogP contribution in [-0.4, -0.2) is 12.1 Å². The predicted octanol–water partition coefficient (Wildman–Crippen LogP) is 5.87. The van der Waals surface area contributed by atoms with Crippen LogP contribution in [0.5, 0.6) is 0 Å². The van der Waals surface area contributed by atoms with Crippen molar-refractivity contribution in [2.75, 3.05) is 0 Å². The van der Waals surface area contributed by atoms with E-state index in [0.717, 1.165) is 22.8 Å². The van der Waals surface area contributed by atoms with E-state index in [0.29, 0.717) is 0 Å². The molecule has 0 fully saturated rings. The molecule has 0 nitrogen and oxygen atoms in total. The van der Waals surface area contributed by atoms with Crippen LogP contribution in [0.2, 0.25) is 0 Å². The molecule has 0 spiro atoms. The molecule has 0 aromatic heterocycles. The third-order valence-corrected chi connectivity index (χ3v) is 3.23. The van der Waals surface area contributed by atoms with Crippen molar-refractivity contribution < 1.29 is 22.0 Å². The molecule has 22 heavy (non-hydrogen) atoms. The van der Waals surface area contributed by atoms with E-state index >= 15 is 0 Å². The summed E-state index contributed by atoms with van der Waals surface area (Å²) in [6, 6.07) is 14.0. The van der Waals surface area contributed by atoms with E-state index in [1.807, 2.05) is 31.2 Å². The Hall–Kier alpha value is -2.17. The maximum Gasteiger partial charge on any atom is 0.457 e. The zero-order valence-electron chi connectivity index (χ0n) is 11.7. The van der Waals surface area contributed by atoms with Crippen molar-refractivity contribution >= 4 is 6.08 Å². The van der Waals surface area contributed by atoms with Gasteiger partial charge in [-0.2, -0.15) is 22.0 Å². The van der Waals surface area contributed by atoms with Gasteiger partial charge >= 0.3 is 12.1 Å². The van der Waals surface area contributed by atoms with Crippen molar-refractivity contribution in [1.29, 1.82) is 0 Å². The average Bonchev–Trinajstić information content (AvgIpc) is 2.45. The highest BCUT2D eigenvalue weighted by atomic mass is 19.4. The molecular formula is C17H13F5. The van der Waals surface area contributed by atoms with Crippen LogP contribution in [0, 0.1) is 6.92 Å². The van der Waals surface area contributed by atoms with Gasteiger partial charge in [0, 0.05) is 0 Å². The minimum atomic E-state index is -5.58. The minimum Gasteiger partial charge on any atom is -0.191 e.